The Morgan fingerprint density at radius 3 is 2.38 bits per heavy atom. The Bertz CT molecular complexity index is 940. The topological polar surface area (TPSA) is 26.3 Å². The monoisotopic (exact) mass is 572 g/mol. The summed E-state index contributed by atoms with van der Waals surface area (Å²) >= 11 is 0.220. The minimum atomic E-state index is 0.220. The van der Waals surface area contributed by atoms with Gasteiger partial charge in [0.25, 0.3) is 0 Å². The van der Waals surface area contributed by atoms with Crippen molar-refractivity contribution >= 4 is 25.2 Å². The molecule has 0 amide bonds. The maximum atomic E-state index is 13.3. The van der Waals surface area contributed by atoms with Gasteiger partial charge in [0.05, 0.1) is 0 Å². The SMILES string of the molecule is COc1ccc([Se][C@@H]2C[C@@]3(C)[C@@H](CC[C@@H]4[C@@H]3CC[C@]3(C)[C@@H]([C@H](C)CCCC(C)C)CC[C@@H]43)CC2=O)cc1. The first-order valence-corrected chi connectivity index (χ1v) is 17.3. The van der Waals surface area contributed by atoms with Crippen molar-refractivity contribution in [3.63, 3.8) is 0 Å². The molecule has 0 unspecified atom stereocenters. The molecule has 9 atom stereocenters. The fourth-order valence-electron chi connectivity index (χ4n) is 10.0. The van der Waals surface area contributed by atoms with E-state index in [1.54, 1.807) is 7.11 Å². The van der Waals surface area contributed by atoms with Crippen molar-refractivity contribution < 1.29 is 9.53 Å². The summed E-state index contributed by atoms with van der Waals surface area (Å²) in [6.07, 6.45) is 14.7. The van der Waals surface area contributed by atoms with Crippen LogP contribution in [0.3, 0.4) is 0 Å². The molecule has 4 fully saturated rings. The molecule has 2 nitrogen and oxygen atoms in total. The van der Waals surface area contributed by atoms with Crippen LogP contribution in [0.25, 0.3) is 0 Å². The van der Waals surface area contributed by atoms with E-state index >= 15 is 0 Å². The summed E-state index contributed by atoms with van der Waals surface area (Å²) in [5.74, 6) is 7.39. The van der Waals surface area contributed by atoms with Crippen molar-refractivity contribution in [2.75, 3.05) is 7.11 Å². The Hall–Kier alpha value is -0.791. The van der Waals surface area contributed by atoms with Gasteiger partial charge < -0.3 is 0 Å². The van der Waals surface area contributed by atoms with Crippen molar-refractivity contribution in [2.45, 2.75) is 110 Å². The molecular formula is C34H52O2Se. The van der Waals surface area contributed by atoms with Crippen LogP contribution in [0.1, 0.15) is 105 Å². The van der Waals surface area contributed by atoms with Crippen molar-refractivity contribution in [3.05, 3.63) is 24.3 Å². The van der Waals surface area contributed by atoms with Gasteiger partial charge in [-0.2, -0.15) is 0 Å². The van der Waals surface area contributed by atoms with Crippen LogP contribution in [-0.2, 0) is 4.79 Å². The predicted octanol–water partition coefficient (Wildman–Crippen LogP) is 8.11. The molecule has 0 radical (unpaired) electrons. The summed E-state index contributed by atoms with van der Waals surface area (Å²) in [5, 5.41) is 0. The second kappa shape index (κ2) is 11.0. The van der Waals surface area contributed by atoms with Crippen molar-refractivity contribution in [1.82, 2.24) is 0 Å². The number of ketones is 1. The zero-order valence-corrected chi connectivity index (χ0v) is 26.1. The number of ether oxygens (including phenoxy) is 1. The molecular weight excluding hydrogens is 519 g/mol. The number of rotatable bonds is 8. The van der Waals surface area contributed by atoms with Gasteiger partial charge in [0.2, 0.25) is 0 Å². The molecule has 37 heavy (non-hydrogen) atoms. The Morgan fingerprint density at radius 2 is 1.68 bits per heavy atom. The third-order valence-electron chi connectivity index (χ3n) is 12.0. The molecule has 4 aliphatic rings. The van der Waals surface area contributed by atoms with E-state index in [2.05, 4.69) is 58.9 Å². The molecule has 1 aromatic rings. The van der Waals surface area contributed by atoms with E-state index < -0.39 is 0 Å². The first-order valence-electron chi connectivity index (χ1n) is 15.5. The second-order valence-corrected chi connectivity index (χ2v) is 17.0. The zero-order chi connectivity index (χ0) is 26.4. The quantitative estimate of drug-likeness (QED) is 0.295. The zero-order valence-electron chi connectivity index (χ0n) is 24.4. The maximum absolute atomic E-state index is 13.3. The fraction of sp³-hybridized carbons (Fsp3) is 0.794. The van der Waals surface area contributed by atoms with Gasteiger partial charge in [0.1, 0.15) is 0 Å². The average Bonchev–Trinajstić information content (AvgIpc) is 3.22. The third kappa shape index (κ3) is 5.22. The molecule has 0 bridgehead atoms. The Labute approximate surface area is 233 Å². The van der Waals surface area contributed by atoms with E-state index in [4.69, 9.17) is 4.74 Å². The van der Waals surface area contributed by atoms with E-state index in [9.17, 15) is 4.79 Å². The van der Waals surface area contributed by atoms with E-state index in [0.29, 0.717) is 22.5 Å². The molecule has 0 aliphatic heterocycles. The molecule has 4 aliphatic carbocycles. The van der Waals surface area contributed by atoms with Crippen LogP contribution in [-0.4, -0.2) is 27.8 Å². The standard InChI is InChI=1S/C34H52O2Se/c1-22(2)8-7-9-23(3)28-16-17-29-27-15-10-24-20-31(35)32(37-26-13-11-25(36-6)12-14-26)21-34(24,5)30(27)18-19-33(28,29)4/h11-14,22-24,27-30,32H,7-10,15-21H2,1-6H3/t23-,24+,27+,28-,29+,30+,32-,33-,34+/m1/s1. The molecule has 3 heteroatoms. The van der Waals surface area contributed by atoms with E-state index in [0.717, 1.165) is 54.1 Å². The Kier molecular flexibility index (Phi) is 8.25. The van der Waals surface area contributed by atoms with Gasteiger partial charge in [-0.25, -0.2) is 0 Å². The first kappa shape index (κ1) is 27.8. The van der Waals surface area contributed by atoms with Crippen LogP contribution in [0.5, 0.6) is 5.75 Å². The Morgan fingerprint density at radius 1 is 0.946 bits per heavy atom. The summed E-state index contributed by atoms with van der Waals surface area (Å²) < 4.78 is 6.71. The molecule has 0 N–H and O–H groups in total. The summed E-state index contributed by atoms with van der Waals surface area (Å²) in [6.45, 7) is 12.7. The molecule has 206 valence electrons. The van der Waals surface area contributed by atoms with Gasteiger partial charge in [-0.15, -0.1) is 0 Å². The van der Waals surface area contributed by atoms with E-state index in [-0.39, 0.29) is 19.8 Å². The van der Waals surface area contributed by atoms with Crippen molar-refractivity contribution in [3.8, 4) is 5.75 Å². The minimum absolute atomic E-state index is 0.220. The number of methoxy groups -OCH3 is 1. The van der Waals surface area contributed by atoms with Crippen LogP contribution in [0.15, 0.2) is 24.3 Å². The number of Topliss-reactive ketones (excluding diaryl/α,β-unsaturated/α-hetero) is 1. The number of benzene rings is 1. The number of hydrogen-bond donors (Lipinski definition) is 0. The summed E-state index contributed by atoms with van der Waals surface area (Å²) in [4.78, 5) is 13.6. The number of hydrogen-bond acceptors (Lipinski definition) is 2. The van der Waals surface area contributed by atoms with Crippen molar-refractivity contribution in [2.24, 2.45) is 52.3 Å². The van der Waals surface area contributed by atoms with Crippen LogP contribution >= 0.6 is 0 Å². The van der Waals surface area contributed by atoms with Gasteiger partial charge in [-0.05, 0) is 5.92 Å². The molecule has 0 aromatic heterocycles. The Balaban J connectivity index is 1.29. The molecule has 4 saturated carbocycles. The van der Waals surface area contributed by atoms with Gasteiger partial charge in [-0.3, -0.25) is 0 Å². The summed E-state index contributed by atoms with van der Waals surface area (Å²) in [7, 11) is 1.72. The van der Waals surface area contributed by atoms with Crippen LogP contribution in [0.4, 0.5) is 0 Å². The number of carbonyl (C=O) groups excluding carboxylic acids is 1. The molecule has 0 saturated heterocycles. The average molecular weight is 572 g/mol. The number of carbonyl (C=O) groups is 1. The normalized spacial score (nSPS) is 40.1. The van der Waals surface area contributed by atoms with Gasteiger partial charge >= 0.3 is 214 Å². The van der Waals surface area contributed by atoms with E-state index in [1.807, 2.05) is 0 Å². The van der Waals surface area contributed by atoms with Crippen molar-refractivity contribution in [1.29, 1.82) is 0 Å². The predicted molar refractivity (Wildman–Crippen MR) is 156 cm³/mol. The third-order valence-corrected chi connectivity index (χ3v) is 14.7. The molecule has 5 rings (SSSR count). The van der Waals surface area contributed by atoms with E-state index in [1.165, 1.54) is 62.2 Å². The first-order chi connectivity index (χ1) is 17.7. The van der Waals surface area contributed by atoms with Crippen LogP contribution in [0, 0.1) is 52.3 Å². The summed E-state index contributed by atoms with van der Waals surface area (Å²) in [6, 6.07) is 8.51. The van der Waals surface area contributed by atoms with Crippen LogP contribution in [0.2, 0.25) is 4.82 Å². The van der Waals surface area contributed by atoms with Gasteiger partial charge in [-0.1, -0.05) is 13.8 Å². The molecule has 0 heterocycles. The molecule has 1 aromatic carbocycles. The van der Waals surface area contributed by atoms with Crippen LogP contribution < -0.4 is 9.20 Å². The second-order valence-electron chi connectivity index (χ2n) is 14.3. The van der Waals surface area contributed by atoms with Gasteiger partial charge in [0.15, 0.2) is 0 Å². The fourth-order valence-corrected chi connectivity index (χ4v) is 12.7. The molecule has 0 spiro atoms. The van der Waals surface area contributed by atoms with Gasteiger partial charge in [0, 0.05) is 0 Å². The summed E-state index contributed by atoms with van der Waals surface area (Å²) in [5.41, 5.74) is 0.913. The number of fused-ring (bicyclic) bond motifs is 5.